The molecule has 4 rings (SSSR count). The molecule has 1 atom stereocenters. The Bertz CT molecular complexity index is 1570. The highest BCUT2D eigenvalue weighted by atomic mass is 32.2. The molecule has 0 radical (unpaired) electrons. The van der Waals surface area contributed by atoms with Crippen LogP contribution in [0.15, 0.2) is 71.6 Å². The second-order valence-electron chi connectivity index (χ2n) is 9.54. The number of aryl methyl sites for hydroxylation is 1. The summed E-state index contributed by atoms with van der Waals surface area (Å²) in [5, 5.41) is 22.0. The van der Waals surface area contributed by atoms with Crippen molar-refractivity contribution < 1.29 is 23.1 Å². The lowest BCUT2D eigenvalue weighted by Gasteiger charge is -2.15. The number of nitrogen functional groups attached to an aromatic ring is 1. The second kappa shape index (κ2) is 12.8. The second-order valence-corrected chi connectivity index (χ2v) is 11.2. The van der Waals surface area contributed by atoms with Crippen LogP contribution in [-0.2, 0) is 21.2 Å². The van der Waals surface area contributed by atoms with Crippen molar-refractivity contribution in [3.8, 4) is 5.75 Å². The first kappa shape index (κ1) is 28.9. The van der Waals surface area contributed by atoms with Gasteiger partial charge in [-0.15, -0.1) is 0 Å². The number of benzene rings is 3. The third kappa shape index (κ3) is 7.50. The number of amides is 1. The molecule has 1 heterocycles. The summed E-state index contributed by atoms with van der Waals surface area (Å²) in [6.07, 6.45) is 0.0997. The Hall–Kier alpha value is -4.13. The van der Waals surface area contributed by atoms with Crippen molar-refractivity contribution in [2.75, 3.05) is 44.2 Å². The molecular formula is C28H34N6O5S. The normalized spacial score (nSPS) is 12.3. The van der Waals surface area contributed by atoms with Crippen molar-refractivity contribution in [3.05, 3.63) is 78.0 Å². The molecule has 0 aliphatic rings. The quantitative estimate of drug-likeness (QED) is 0.122. The van der Waals surface area contributed by atoms with Crippen LogP contribution in [0.25, 0.3) is 10.9 Å². The Balaban J connectivity index is 1.24. The topological polar surface area (TPSA) is 163 Å². The van der Waals surface area contributed by atoms with E-state index < -0.39 is 16.1 Å². The predicted octanol–water partition coefficient (Wildman–Crippen LogP) is 2.67. The van der Waals surface area contributed by atoms with Gasteiger partial charge in [-0.2, -0.15) is 5.10 Å². The molecule has 3 aromatic carbocycles. The highest BCUT2D eigenvalue weighted by molar-refractivity contribution is 7.92. The minimum Gasteiger partial charge on any atom is -0.492 e. The monoisotopic (exact) mass is 566 g/mol. The van der Waals surface area contributed by atoms with Gasteiger partial charge in [-0.25, -0.2) is 8.42 Å². The first-order valence-corrected chi connectivity index (χ1v) is 14.3. The fraction of sp³-hybridized carbons (Fsp3) is 0.286. The van der Waals surface area contributed by atoms with Crippen LogP contribution in [-0.4, -0.2) is 68.3 Å². The van der Waals surface area contributed by atoms with Crippen LogP contribution in [0.3, 0.4) is 0 Å². The number of aromatic nitrogens is 2. The van der Waals surface area contributed by atoms with Crippen LogP contribution >= 0.6 is 0 Å². The Morgan fingerprint density at radius 1 is 1.12 bits per heavy atom. The van der Waals surface area contributed by atoms with E-state index in [4.69, 9.17) is 10.5 Å². The minimum atomic E-state index is -3.82. The van der Waals surface area contributed by atoms with E-state index in [9.17, 15) is 18.3 Å². The number of nitrogens with two attached hydrogens (primary N) is 1. The van der Waals surface area contributed by atoms with E-state index in [1.807, 2.05) is 18.2 Å². The molecule has 4 aromatic rings. The van der Waals surface area contributed by atoms with E-state index in [1.165, 1.54) is 12.1 Å². The van der Waals surface area contributed by atoms with Gasteiger partial charge in [0.05, 0.1) is 22.2 Å². The number of aromatic amines is 1. The summed E-state index contributed by atoms with van der Waals surface area (Å²) >= 11 is 0. The third-order valence-electron chi connectivity index (χ3n) is 6.26. The highest BCUT2D eigenvalue weighted by Crippen LogP contribution is 2.23. The first-order chi connectivity index (χ1) is 19.1. The minimum absolute atomic E-state index is 0.0556. The summed E-state index contributed by atoms with van der Waals surface area (Å²) in [5.41, 5.74) is 8.63. The van der Waals surface area contributed by atoms with Crippen LogP contribution < -0.4 is 20.5 Å². The number of aliphatic hydroxyl groups is 1. The number of carbonyl (C=O) groups is 1. The van der Waals surface area contributed by atoms with Crippen LogP contribution in [0.2, 0.25) is 0 Å². The molecule has 0 spiro atoms. The predicted molar refractivity (Wildman–Crippen MR) is 155 cm³/mol. The summed E-state index contributed by atoms with van der Waals surface area (Å²) < 4.78 is 33.7. The number of fused-ring (bicyclic) bond motifs is 1. The van der Waals surface area contributed by atoms with Crippen LogP contribution in [0.1, 0.15) is 23.8 Å². The molecule has 0 saturated heterocycles. The summed E-state index contributed by atoms with van der Waals surface area (Å²) in [6, 6.07) is 18.3. The molecule has 12 heteroatoms. The third-order valence-corrected chi connectivity index (χ3v) is 7.64. The maximum absolute atomic E-state index is 12.7. The van der Waals surface area contributed by atoms with Crippen LogP contribution in [0.4, 0.5) is 11.4 Å². The van der Waals surface area contributed by atoms with Crippen molar-refractivity contribution in [1.29, 1.82) is 0 Å². The van der Waals surface area contributed by atoms with E-state index in [1.54, 1.807) is 55.4 Å². The molecule has 0 saturated carbocycles. The zero-order valence-electron chi connectivity index (χ0n) is 22.4. The summed E-state index contributed by atoms with van der Waals surface area (Å²) in [7, 11) is -0.346. The maximum atomic E-state index is 12.7. The molecule has 0 aliphatic heterocycles. The molecule has 0 aliphatic carbocycles. The number of sulfonamides is 1. The number of ether oxygens (including phenoxy) is 1. The number of carbonyl (C=O) groups excluding carboxylic acids is 1. The van der Waals surface area contributed by atoms with Crippen molar-refractivity contribution in [2.45, 2.75) is 23.8 Å². The highest BCUT2D eigenvalue weighted by Gasteiger charge is 2.16. The van der Waals surface area contributed by atoms with E-state index in [-0.39, 0.29) is 17.3 Å². The number of hydrogen-bond donors (Lipinski definition) is 5. The number of nitrogens with one attached hydrogen (secondary N) is 3. The standard InChI is InChI=1S/C28H34N6O5S/c1-34(2)28(36)12-11-25-24-10-9-22(17-26(24)32-31-25)39-14-13-30-18-27(35)19-5-3-7-21(15-19)33-40(37,38)23-8-4-6-20(29)16-23/h3-10,15-17,27,30,33,35H,11-14,18,29H2,1-2H3,(H,31,32)/t27-/m0/s1. The van der Waals surface area contributed by atoms with Gasteiger partial charge in [-0.05, 0) is 48.0 Å². The maximum Gasteiger partial charge on any atom is 0.261 e. The zero-order chi connectivity index (χ0) is 28.7. The van der Waals surface area contributed by atoms with E-state index in [0.717, 1.165) is 16.6 Å². The molecule has 212 valence electrons. The lowest BCUT2D eigenvalue weighted by molar-refractivity contribution is -0.128. The van der Waals surface area contributed by atoms with Crippen molar-refractivity contribution in [1.82, 2.24) is 20.4 Å². The number of H-pyrrole nitrogens is 1. The molecular weight excluding hydrogens is 532 g/mol. The van der Waals surface area contributed by atoms with Crippen LogP contribution in [0, 0.1) is 0 Å². The van der Waals surface area contributed by atoms with Gasteiger partial charge in [0.1, 0.15) is 12.4 Å². The van der Waals surface area contributed by atoms with Crippen LogP contribution in [0.5, 0.6) is 5.75 Å². The first-order valence-electron chi connectivity index (χ1n) is 12.8. The van der Waals surface area contributed by atoms with E-state index in [0.29, 0.717) is 48.7 Å². The smallest absolute Gasteiger partial charge is 0.261 e. The Morgan fingerprint density at radius 3 is 2.70 bits per heavy atom. The molecule has 0 unspecified atom stereocenters. The summed E-state index contributed by atoms with van der Waals surface area (Å²) in [4.78, 5) is 13.5. The average molecular weight is 567 g/mol. The van der Waals surface area contributed by atoms with Gasteiger partial charge < -0.3 is 25.8 Å². The number of hydrogen-bond acceptors (Lipinski definition) is 8. The fourth-order valence-corrected chi connectivity index (χ4v) is 5.19. The van der Waals surface area contributed by atoms with E-state index in [2.05, 4.69) is 20.2 Å². The largest absolute Gasteiger partial charge is 0.492 e. The zero-order valence-corrected chi connectivity index (χ0v) is 23.2. The lowest BCUT2D eigenvalue weighted by atomic mass is 10.1. The lowest BCUT2D eigenvalue weighted by Crippen LogP contribution is -2.26. The van der Waals surface area contributed by atoms with Crippen molar-refractivity contribution >= 4 is 38.2 Å². The molecule has 1 aromatic heterocycles. The summed E-state index contributed by atoms with van der Waals surface area (Å²) in [6.45, 7) is 1.11. The number of anilines is 2. The Morgan fingerprint density at radius 2 is 1.93 bits per heavy atom. The Kier molecular flexibility index (Phi) is 9.25. The molecule has 0 fully saturated rings. The van der Waals surface area contributed by atoms with Gasteiger partial charge in [0, 0.05) is 62.9 Å². The Labute approximate surface area is 233 Å². The molecule has 6 N–H and O–H groups in total. The molecule has 40 heavy (non-hydrogen) atoms. The number of aliphatic hydroxyl groups excluding tert-OH is 1. The number of rotatable bonds is 13. The summed E-state index contributed by atoms with van der Waals surface area (Å²) in [5.74, 6) is 0.731. The SMILES string of the molecule is CN(C)C(=O)CCc1n[nH]c2cc(OCCNC[C@H](O)c3cccc(NS(=O)(=O)c4cccc(N)c4)c3)ccc12. The fourth-order valence-electron chi connectivity index (χ4n) is 4.09. The van der Waals surface area contributed by atoms with E-state index >= 15 is 0 Å². The molecule has 0 bridgehead atoms. The van der Waals surface area contributed by atoms with Gasteiger partial charge in [0.25, 0.3) is 10.0 Å². The molecule has 1 amide bonds. The van der Waals surface area contributed by atoms with Gasteiger partial charge in [0.2, 0.25) is 5.91 Å². The van der Waals surface area contributed by atoms with Gasteiger partial charge in [0.15, 0.2) is 0 Å². The number of nitrogens with zero attached hydrogens (tertiary/aromatic N) is 2. The van der Waals surface area contributed by atoms with Crippen molar-refractivity contribution in [2.24, 2.45) is 0 Å². The molecule has 11 nitrogen and oxygen atoms in total. The van der Waals surface area contributed by atoms with Crippen molar-refractivity contribution in [3.63, 3.8) is 0 Å². The van der Waals surface area contributed by atoms with Gasteiger partial charge in [-0.1, -0.05) is 18.2 Å². The van der Waals surface area contributed by atoms with Gasteiger partial charge in [-0.3, -0.25) is 14.6 Å². The average Bonchev–Trinajstić information content (AvgIpc) is 3.33. The van der Waals surface area contributed by atoms with Gasteiger partial charge >= 0.3 is 0 Å².